The molecule has 1 saturated heterocycles. The summed E-state index contributed by atoms with van der Waals surface area (Å²) in [7, 11) is -4.73. The predicted molar refractivity (Wildman–Crippen MR) is 160 cm³/mol. The minimum atomic E-state index is -2.63. The van der Waals surface area contributed by atoms with Crippen LogP contribution in [-0.2, 0) is 13.3 Å². The molecule has 1 N–H and O–H groups in total. The molecule has 0 aromatic rings. The van der Waals surface area contributed by atoms with E-state index in [-0.39, 0.29) is 33.4 Å². The maximum absolute atomic E-state index is 7.38. The Morgan fingerprint density at radius 1 is 1.05 bits per heavy atom. The smallest absolute Gasteiger partial charge is 0.349 e. The molecule has 0 aromatic carbocycles. The lowest BCUT2D eigenvalue weighted by Gasteiger charge is -2.55. The molecule has 2 aliphatic carbocycles. The zero-order chi connectivity index (χ0) is 27.9. The predicted octanol–water partition coefficient (Wildman–Crippen LogP) is 6.46. The molecule has 3 heterocycles. The molecule has 0 radical (unpaired) electrons. The maximum Gasteiger partial charge on any atom is 0.349 e. The minimum absolute atomic E-state index is 0.00661. The topological polar surface area (TPSA) is 67.7 Å². The second-order valence-corrected chi connectivity index (χ2v) is 25.0. The van der Waals surface area contributed by atoms with Crippen LogP contribution in [-0.4, -0.2) is 65.2 Å². The lowest BCUT2D eigenvalue weighted by Crippen LogP contribution is -2.65. The van der Waals surface area contributed by atoms with Crippen molar-refractivity contribution in [2.45, 2.75) is 128 Å². The standard InChI is InChI=1S/C29H50N4O3Si2/c1-27(2,3)37(10,11)35-26-23(33-17-20-13-12-19-15-30-31-16-22(32-33)24(19)20)14-21-18-34-38(28(4,5)6,29(7,8)9)36-25(21)26/h16-17,21,23,25-26,30H,12-15,18H2,1-11H3/t21-,23-,25-,26+/m1/s1. The summed E-state index contributed by atoms with van der Waals surface area (Å²) in [6, 6.07) is 0.0997. The Kier molecular flexibility index (Phi) is 6.79. The van der Waals surface area contributed by atoms with Crippen LogP contribution in [0.25, 0.3) is 0 Å². The largest absolute Gasteiger partial charge is 0.409 e. The van der Waals surface area contributed by atoms with E-state index in [1.807, 2.05) is 6.21 Å². The zero-order valence-electron chi connectivity index (χ0n) is 25.6. The van der Waals surface area contributed by atoms with Crippen LogP contribution in [0.1, 0.15) is 81.6 Å². The molecule has 0 amide bonds. The fourth-order valence-electron chi connectivity index (χ4n) is 6.96. The van der Waals surface area contributed by atoms with Gasteiger partial charge in [-0.25, -0.2) is 0 Å². The molecule has 1 saturated carbocycles. The summed E-state index contributed by atoms with van der Waals surface area (Å²) < 4.78 is 21.6. The second kappa shape index (κ2) is 9.13. The van der Waals surface area contributed by atoms with Crippen LogP contribution in [0.5, 0.6) is 0 Å². The van der Waals surface area contributed by atoms with E-state index in [0.717, 1.165) is 38.1 Å². The van der Waals surface area contributed by atoms with E-state index in [2.05, 4.69) is 97.1 Å². The SMILES string of the molecule is CC(C)(C)[Si](C)(C)O[C@@H]1[C@@H]2O[Si](C(C)(C)C)(C(C)(C)C)OC[C@H]2C[C@H]1N1C=C2CCC3=C2C(=N1)C=NNC3. The Bertz CT molecular complexity index is 1080. The van der Waals surface area contributed by atoms with Gasteiger partial charge in [-0.15, -0.1) is 0 Å². The van der Waals surface area contributed by atoms with E-state index in [4.69, 9.17) is 18.4 Å². The third-order valence-corrected chi connectivity index (χ3v) is 19.4. The van der Waals surface area contributed by atoms with Crippen LogP contribution in [0.4, 0.5) is 0 Å². The number of allylic oxidation sites excluding steroid dienone is 2. The Hall–Kier alpha value is -1.27. The first kappa shape index (κ1) is 28.3. The van der Waals surface area contributed by atoms with Gasteiger partial charge in [0.05, 0.1) is 31.0 Å². The molecule has 0 unspecified atom stereocenters. The van der Waals surface area contributed by atoms with Gasteiger partial charge >= 0.3 is 8.56 Å². The molecule has 0 spiro atoms. The Balaban J connectivity index is 1.55. The van der Waals surface area contributed by atoms with Crippen molar-refractivity contribution in [3.8, 4) is 0 Å². The molecular formula is C29H50N4O3Si2. The van der Waals surface area contributed by atoms with Gasteiger partial charge in [-0.2, -0.15) is 10.2 Å². The summed E-state index contributed by atoms with van der Waals surface area (Å²) in [6.45, 7) is 27.0. The number of hydrogen-bond acceptors (Lipinski definition) is 7. The van der Waals surface area contributed by atoms with E-state index in [1.54, 1.807) is 0 Å². The first-order chi connectivity index (χ1) is 17.5. The van der Waals surface area contributed by atoms with Crippen LogP contribution in [0.3, 0.4) is 0 Å². The number of fused-ring (bicyclic) bond motifs is 1. The van der Waals surface area contributed by atoms with Gasteiger partial charge in [-0.1, -0.05) is 62.3 Å². The summed E-state index contributed by atoms with van der Waals surface area (Å²) in [5, 5.41) is 11.8. The Labute approximate surface area is 232 Å². The first-order valence-corrected chi connectivity index (χ1v) is 19.2. The second-order valence-electron chi connectivity index (χ2n) is 15.5. The molecule has 5 aliphatic rings. The van der Waals surface area contributed by atoms with E-state index in [9.17, 15) is 0 Å². The quantitative estimate of drug-likeness (QED) is 0.403. The number of hydrogen-bond donors (Lipinski definition) is 1. The average Bonchev–Trinajstić information content (AvgIpc) is 3.27. The number of hydrazone groups is 2. The third-order valence-electron chi connectivity index (χ3n) is 9.77. The van der Waals surface area contributed by atoms with Crippen molar-refractivity contribution in [3.05, 3.63) is 22.9 Å². The molecule has 5 rings (SSSR count). The summed E-state index contributed by atoms with van der Waals surface area (Å²) in [4.78, 5) is 0. The molecule has 38 heavy (non-hydrogen) atoms. The van der Waals surface area contributed by atoms with Crippen LogP contribution < -0.4 is 5.43 Å². The molecular weight excluding hydrogens is 509 g/mol. The molecule has 212 valence electrons. The summed E-state index contributed by atoms with van der Waals surface area (Å²) in [5.74, 6) is 0.291. The highest BCUT2D eigenvalue weighted by atomic mass is 28.4. The highest BCUT2D eigenvalue weighted by Gasteiger charge is 2.65. The van der Waals surface area contributed by atoms with Crippen LogP contribution in [0.2, 0.25) is 28.2 Å². The lowest BCUT2D eigenvalue weighted by molar-refractivity contribution is -0.0557. The molecule has 7 nitrogen and oxygen atoms in total. The van der Waals surface area contributed by atoms with Gasteiger partial charge in [-0.3, -0.25) is 5.01 Å². The maximum atomic E-state index is 7.38. The summed E-state index contributed by atoms with van der Waals surface area (Å²) >= 11 is 0. The third kappa shape index (κ3) is 4.50. The van der Waals surface area contributed by atoms with Gasteiger partial charge in [0.1, 0.15) is 5.71 Å². The van der Waals surface area contributed by atoms with Gasteiger partial charge in [0.25, 0.3) is 0 Å². The van der Waals surface area contributed by atoms with Crippen molar-refractivity contribution < 1.29 is 13.3 Å². The zero-order valence-corrected chi connectivity index (χ0v) is 27.6. The number of rotatable bonds is 3. The van der Waals surface area contributed by atoms with Gasteiger partial charge in [0.2, 0.25) is 0 Å². The Morgan fingerprint density at radius 2 is 1.74 bits per heavy atom. The van der Waals surface area contributed by atoms with Crippen molar-refractivity contribution >= 4 is 28.8 Å². The Morgan fingerprint density at radius 3 is 2.37 bits per heavy atom. The van der Waals surface area contributed by atoms with Gasteiger partial charge < -0.3 is 18.7 Å². The van der Waals surface area contributed by atoms with Gasteiger partial charge in [0.15, 0.2) is 8.32 Å². The van der Waals surface area contributed by atoms with E-state index in [0.29, 0.717) is 5.92 Å². The van der Waals surface area contributed by atoms with E-state index in [1.165, 1.54) is 16.7 Å². The number of nitrogens with one attached hydrogen (secondary N) is 1. The number of nitrogens with zero attached hydrogens (tertiary/aromatic N) is 3. The molecule has 0 bridgehead atoms. The fraction of sp³-hybridized carbons (Fsp3) is 0.793. The van der Waals surface area contributed by atoms with Crippen LogP contribution in [0.15, 0.2) is 33.1 Å². The monoisotopic (exact) mass is 558 g/mol. The molecule has 3 aliphatic heterocycles. The highest BCUT2D eigenvalue weighted by molar-refractivity contribution is 6.74. The van der Waals surface area contributed by atoms with E-state index >= 15 is 0 Å². The van der Waals surface area contributed by atoms with Crippen molar-refractivity contribution in [1.29, 1.82) is 0 Å². The molecule has 2 fully saturated rings. The van der Waals surface area contributed by atoms with Crippen molar-refractivity contribution in [2.24, 2.45) is 16.1 Å². The van der Waals surface area contributed by atoms with Gasteiger partial charge in [-0.05, 0) is 48.5 Å². The highest BCUT2D eigenvalue weighted by Crippen LogP contribution is 2.57. The molecule has 4 atom stereocenters. The van der Waals surface area contributed by atoms with Crippen molar-refractivity contribution in [3.63, 3.8) is 0 Å². The normalized spacial score (nSPS) is 31.4. The average molecular weight is 559 g/mol. The first-order valence-electron chi connectivity index (χ1n) is 14.5. The summed E-state index contributed by atoms with van der Waals surface area (Å²) in [5.41, 5.74) is 8.27. The molecule has 0 aromatic heterocycles. The minimum Gasteiger partial charge on any atom is -0.409 e. The van der Waals surface area contributed by atoms with Gasteiger partial charge in [0, 0.05) is 34.4 Å². The van der Waals surface area contributed by atoms with Crippen molar-refractivity contribution in [1.82, 2.24) is 10.4 Å². The lowest BCUT2D eigenvalue weighted by atomic mass is 10.0. The van der Waals surface area contributed by atoms with Crippen LogP contribution >= 0.6 is 0 Å². The fourth-order valence-corrected chi connectivity index (χ4v) is 13.3. The van der Waals surface area contributed by atoms with Crippen LogP contribution in [0, 0.1) is 5.92 Å². The van der Waals surface area contributed by atoms with E-state index < -0.39 is 16.9 Å². The van der Waals surface area contributed by atoms with Crippen molar-refractivity contribution in [2.75, 3.05) is 13.2 Å². The molecule has 9 heteroatoms. The summed E-state index contributed by atoms with van der Waals surface area (Å²) in [6.07, 6.45) is 7.23.